The Kier molecular flexibility index (Phi) is 6.94. The van der Waals surface area contributed by atoms with E-state index >= 15 is 0 Å². The van der Waals surface area contributed by atoms with E-state index in [9.17, 15) is 9.59 Å². The summed E-state index contributed by atoms with van der Waals surface area (Å²) in [6.45, 7) is 3.12. The van der Waals surface area contributed by atoms with Crippen molar-refractivity contribution in [2.75, 3.05) is 51.8 Å². The zero-order valence-corrected chi connectivity index (χ0v) is 16.9. The average Bonchev–Trinajstić information content (AvgIpc) is 2.79. The van der Waals surface area contributed by atoms with Gasteiger partial charge in [0.15, 0.2) is 0 Å². The minimum absolute atomic E-state index is 0.0515. The van der Waals surface area contributed by atoms with Gasteiger partial charge >= 0.3 is 0 Å². The largest absolute Gasteiger partial charge is 0.497 e. The van der Waals surface area contributed by atoms with Gasteiger partial charge in [-0.2, -0.15) is 0 Å². The lowest BCUT2D eigenvalue weighted by Crippen LogP contribution is -2.49. The van der Waals surface area contributed by atoms with Crippen LogP contribution in [0, 0.1) is 0 Å². The van der Waals surface area contributed by atoms with E-state index in [2.05, 4.69) is 10.2 Å². The molecule has 1 aliphatic rings. The lowest BCUT2D eigenvalue weighted by atomic mass is 10.2. The summed E-state index contributed by atoms with van der Waals surface area (Å²) in [5, 5.41) is 2.80. The normalized spacial score (nSPS) is 13.7. The summed E-state index contributed by atoms with van der Waals surface area (Å²) in [4.78, 5) is 28.8. The zero-order valence-electron chi connectivity index (χ0n) is 16.9. The van der Waals surface area contributed by atoms with Crippen LogP contribution < -0.4 is 19.7 Å². The summed E-state index contributed by atoms with van der Waals surface area (Å²) >= 11 is 0. The zero-order chi connectivity index (χ0) is 20.6. The first-order chi connectivity index (χ1) is 14.1. The minimum Gasteiger partial charge on any atom is -0.497 e. The van der Waals surface area contributed by atoms with Crippen molar-refractivity contribution in [3.05, 3.63) is 54.1 Å². The number of rotatable bonds is 7. The maximum absolute atomic E-state index is 12.5. The van der Waals surface area contributed by atoms with E-state index in [0.717, 1.165) is 24.5 Å². The van der Waals surface area contributed by atoms with Crippen molar-refractivity contribution in [2.24, 2.45) is 0 Å². The van der Waals surface area contributed by atoms with Gasteiger partial charge in [-0.25, -0.2) is 0 Å². The van der Waals surface area contributed by atoms with Gasteiger partial charge in [-0.1, -0.05) is 18.2 Å². The first-order valence-electron chi connectivity index (χ1n) is 9.70. The van der Waals surface area contributed by atoms with E-state index in [4.69, 9.17) is 9.47 Å². The van der Waals surface area contributed by atoms with Crippen LogP contribution in [0.15, 0.2) is 48.5 Å². The van der Waals surface area contributed by atoms with E-state index in [1.165, 1.54) is 0 Å². The molecule has 29 heavy (non-hydrogen) atoms. The van der Waals surface area contributed by atoms with Crippen LogP contribution in [0.25, 0.3) is 0 Å². The first kappa shape index (κ1) is 20.5. The maximum Gasteiger partial charge on any atom is 0.251 e. The highest BCUT2D eigenvalue weighted by atomic mass is 16.5. The number of carbonyl (C=O) groups is 2. The molecule has 0 radical (unpaired) electrons. The van der Waals surface area contributed by atoms with Gasteiger partial charge in [0, 0.05) is 44.7 Å². The van der Waals surface area contributed by atoms with Crippen molar-refractivity contribution >= 4 is 17.5 Å². The number of para-hydroxylation sites is 2. The van der Waals surface area contributed by atoms with Crippen LogP contribution in [0.4, 0.5) is 5.69 Å². The van der Waals surface area contributed by atoms with E-state index in [0.29, 0.717) is 30.9 Å². The van der Waals surface area contributed by atoms with Crippen LogP contribution >= 0.6 is 0 Å². The van der Waals surface area contributed by atoms with E-state index in [1.54, 1.807) is 38.5 Å². The predicted octanol–water partition coefficient (Wildman–Crippen LogP) is 2.17. The molecule has 0 aromatic heterocycles. The number of nitrogens with zero attached hydrogens (tertiary/aromatic N) is 2. The average molecular weight is 397 g/mol. The van der Waals surface area contributed by atoms with Gasteiger partial charge in [0.2, 0.25) is 5.91 Å². The molecule has 7 heteroatoms. The highest BCUT2D eigenvalue weighted by Crippen LogP contribution is 2.28. The number of hydrogen-bond acceptors (Lipinski definition) is 5. The van der Waals surface area contributed by atoms with Crippen LogP contribution in [0.2, 0.25) is 0 Å². The van der Waals surface area contributed by atoms with Gasteiger partial charge in [0.05, 0.1) is 19.9 Å². The monoisotopic (exact) mass is 397 g/mol. The van der Waals surface area contributed by atoms with Crippen molar-refractivity contribution in [2.45, 2.75) is 6.42 Å². The van der Waals surface area contributed by atoms with Crippen molar-refractivity contribution in [1.29, 1.82) is 0 Å². The van der Waals surface area contributed by atoms with E-state index < -0.39 is 0 Å². The molecule has 1 fully saturated rings. The topological polar surface area (TPSA) is 71.1 Å². The number of nitrogens with one attached hydrogen (secondary N) is 1. The van der Waals surface area contributed by atoms with Crippen LogP contribution in [-0.4, -0.2) is 63.7 Å². The van der Waals surface area contributed by atoms with E-state index in [-0.39, 0.29) is 18.2 Å². The van der Waals surface area contributed by atoms with Gasteiger partial charge < -0.3 is 24.6 Å². The smallest absolute Gasteiger partial charge is 0.251 e. The minimum atomic E-state index is -0.210. The van der Waals surface area contributed by atoms with Gasteiger partial charge in [-0.3, -0.25) is 9.59 Å². The molecule has 1 heterocycles. The number of hydrogen-bond donors (Lipinski definition) is 1. The predicted molar refractivity (Wildman–Crippen MR) is 112 cm³/mol. The highest BCUT2D eigenvalue weighted by Gasteiger charge is 2.22. The fourth-order valence-corrected chi connectivity index (χ4v) is 3.40. The van der Waals surface area contributed by atoms with Gasteiger partial charge in [-0.15, -0.1) is 0 Å². The molecule has 154 valence electrons. The van der Waals surface area contributed by atoms with Gasteiger partial charge in [0.1, 0.15) is 11.5 Å². The third-order valence-corrected chi connectivity index (χ3v) is 5.01. The molecule has 1 N–H and O–H groups in total. The summed E-state index contributed by atoms with van der Waals surface area (Å²) in [7, 11) is 3.22. The van der Waals surface area contributed by atoms with Crippen molar-refractivity contribution < 1.29 is 19.1 Å². The fourth-order valence-electron chi connectivity index (χ4n) is 3.40. The van der Waals surface area contributed by atoms with E-state index in [1.807, 2.05) is 29.2 Å². The molecule has 2 amide bonds. The Morgan fingerprint density at radius 2 is 1.72 bits per heavy atom. The first-order valence-corrected chi connectivity index (χ1v) is 9.70. The lowest BCUT2D eigenvalue weighted by molar-refractivity contribution is -0.131. The number of benzene rings is 2. The molecular weight excluding hydrogens is 370 g/mol. The number of ether oxygens (including phenoxy) is 2. The Morgan fingerprint density at radius 1 is 0.966 bits per heavy atom. The molecule has 0 saturated carbocycles. The molecule has 0 unspecified atom stereocenters. The van der Waals surface area contributed by atoms with Crippen LogP contribution in [0.5, 0.6) is 11.5 Å². The summed E-state index contributed by atoms with van der Waals surface area (Å²) in [6.07, 6.45) is 0.282. The van der Waals surface area contributed by atoms with Gasteiger partial charge in [0.25, 0.3) is 5.91 Å². The van der Waals surface area contributed by atoms with Crippen LogP contribution in [0.3, 0.4) is 0 Å². The molecule has 0 aliphatic carbocycles. The highest BCUT2D eigenvalue weighted by molar-refractivity contribution is 5.94. The van der Waals surface area contributed by atoms with Crippen LogP contribution in [-0.2, 0) is 4.79 Å². The Bertz CT molecular complexity index is 847. The second-order valence-electron chi connectivity index (χ2n) is 6.78. The number of piperazine rings is 1. The molecule has 1 saturated heterocycles. The molecule has 0 spiro atoms. The Labute approximate surface area is 171 Å². The second kappa shape index (κ2) is 9.82. The third kappa shape index (κ3) is 5.19. The van der Waals surface area contributed by atoms with Crippen molar-refractivity contribution in [3.63, 3.8) is 0 Å². The molecule has 2 aromatic rings. The van der Waals surface area contributed by atoms with Crippen molar-refractivity contribution in [3.8, 4) is 11.5 Å². The molecule has 1 aliphatic heterocycles. The Hall–Kier alpha value is -3.22. The molecule has 7 nitrogen and oxygen atoms in total. The SMILES string of the molecule is COc1cccc(C(=O)NCCC(=O)N2CCN(c3ccccc3OC)CC2)c1. The molecular formula is C22H27N3O4. The summed E-state index contributed by atoms with van der Waals surface area (Å²) in [6, 6.07) is 14.8. The van der Waals surface area contributed by atoms with Crippen molar-refractivity contribution in [1.82, 2.24) is 10.2 Å². The number of anilines is 1. The van der Waals surface area contributed by atoms with Crippen LogP contribution in [0.1, 0.15) is 16.8 Å². The maximum atomic E-state index is 12.5. The Balaban J connectivity index is 1.44. The van der Waals surface area contributed by atoms with Gasteiger partial charge in [-0.05, 0) is 30.3 Å². The molecule has 0 bridgehead atoms. The summed E-state index contributed by atoms with van der Waals surface area (Å²) < 4.78 is 10.6. The molecule has 2 aromatic carbocycles. The Morgan fingerprint density at radius 3 is 2.45 bits per heavy atom. The standard InChI is InChI=1S/C22H27N3O4/c1-28-18-7-5-6-17(16-18)22(27)23-11-10-21(26)25-14-12-24(13-15-25)19-8-3-4-9-20(19)29-2/h3-9,16H,10-15H2,1-2H3,(H,23,27). The fraction of sp³-hybridized carbons (Fsp3) is 0.364. The molecule has 3 rings (SSSR count). The molecule has 0 atom stereocenters. The summed E-state index contributed by atoms with van der Waals surface area (Å²) in [5.41, 5.74) is 1.56. The lowest BCUT2D eigenvalue weighted by Gasteiger charge is -2.36. The number of carbonyl (C=O) groups excluding carboxylic acids is 2. The third-order valence-electron chi connectivity index (χ3n) is 5.01. The second-order valence-corrected chi connectivity index (χ2v) is 6.78. The number of amides is 2. The number of methoxy groups -OCH3 is 2. The quantitative estimate of drug-likeness (QED) is 0.775. The summed E-state index contributed by atoms with van der Waals surface area (Å²) in [5.74, 6) is 1.31.